The third kappa shape index (κ3) is 7.50. The smallest absolute Gasteiger partial charge is 0.272 e. The van der Waals surface area contributed by atoms with Crippen molar-refractivity contribution in [2.45, 2.75) is 16.6 Å². The highest BCUT2D eigenvalue weighted by atomic mass is 79.9. The molecule has 0 aliphatic carbocycles. The summed E-state index contributed by atoms with van der Waals surface area (Å²) in [6.45, 7) is 0. The molecule has 46 heavy (non-hydrogen) atoms. The molecule has 0 spiro atoms. The van der Waals surface area contributed by atoms with Crippen molar-refractivity contribution >= 4 is 74.5 Å². The Hall–Kier alpha value is -5.27. The number of carbonyl (C=O) groups is 4. The number of hydrogen-bond donors (Lipinski definition) is 2. The van der Waals surface area contributed by atoms with Crippen molar-refractivity contribution in [3.63, 3.8) is 0 Å². The Balaban J connectivity index is 1.35. The van der Waals surface area contributed by atoms with Gasteiger partial charge in [0.15, 0.2) is 0 Å². The molecule has 232 valence electrons. The normalized spacial score (nSPS) is 14.6. The quantitative estimate of drug-likeness (QED) is 0.0860. The number of ether oxygens (including phenoxy) is 1. The van der Waals surface area contributed by atoms with Crippen LogP contribution in [0.2, 0.25) is 0 Å². The maximum Gasteiger partial charge on any atom is 0.272 e. The Morgan fingerprint density at radius 1 is 1.00 bits per heavy atom. The van der Waals surface area contributed by atoms with Crippen LogP contribution in [0.25, 0.3) is 6.08 Å². The second kappa shape index (κ2) is 14.2. The molecule has 13 heteroatoms. The molecule has 4 aromatic carbocycles. The number of halogens is 1. The summed E-state index contributed by atoms with van der Waals surface area (Å²) in [6.07, 6.45) is 1.44. The van der Waals surface area contributed by atoms with Gasteiger partial charge in [-0.15, -0.1) is 11.8 Å². The fourth-order valence-electron chi connectivity index (χ4n) is 4.62. The zero-order valence-corrected chi connectivity index (χ0v) is 26.5. The van der Waals surface area contributed by atoms with E-state index in [1.807, 2.05) is 0 Å². The number of nitro groups is 1. The topological polar surface area (TPSA) is 148 Å². The minimum Gasteiger partial charge on any atom is -0.496 e. The summed E-state index contributed by atoms with van der Waals surface area (Å²) >= 11 is 4.58. The predicted molar refractivity (Wildman–Crippen MR) is 178 cm³/mol. The van der Waals surface area contributed by atoms with Crippen molar-refractivity contribution in [2.24, 2.45) is 0 Å². The van der Waals surface area contributed by atoms with Crippen LogP contribution in [0.5, 0.6) is 5.75 Å². The maximum atomic E-state index is 13.6. The number of thioether (sulfide) groups is 1. The van der Waals surface area contributed by atoms with Crippen molar-refractivity contribution in [3.05, 3.63) is 128 Å². The van der Waals surface area contributed by atoms with Gasteiger partial charge in [0.2, 0.25) is 11.8 Å². The summed E-state index contributed by atoms with van der Waals surface area (Å²) in [6, 6.07) is 25.7. The van der Waals surface area contributed by atoms with Gasteiger partial charge in [0.25, 0.3) is 17.5 Å². The molecule has 1 unspecified atom stereocenters. The van der Waals surface area contributed by atoms with E-state index in [0.717, 1.165) is 21.1 Å². The number of benzene rings is 4. The van der Waals surface area contributed by atoms with Gasteiger partial charge in [0.1, 0.15) is 11.4 Å². The van der Waals surface area contributed by atoms with E-state index in [1.165, 1.54) is 37.5 Å². The Morgan fingerprint density at radius 3 is 2.43 bits per heavy atom. The molecule has 1 aliphatic rings. The number of imide groups is 1. The molecule has 0 bridgehead atoms. The Bertz CT molecular complexity index is 1870. The highest BCUT2D eigenvalue weighted by Crippen LogP contribution is 2.35. The molecule has 1 fully saturated rings. The number of anilines is 2. The molecule has 4 aromatic rings. The van der Waals surface area contributed by atoms with Crippen LogP contribution in [0.15, 0.2) is 112 Å². The number of nitro benzene ring substituents is 1. The van der Waals surface area contributed by atoms with Gasteiger partial charge < -0.3 is 15.4 Å². The molecular formula is C33H25BrN4O7S. The number of non-ortho nitro benzene ring substituents is 1. The fourth-order valence-corrected chi connectivity index (χ4v) is 6.11. The summed E-state index contributed by atoms with van der Waals surface area (Å²) in [5.41, 5.74) is 1.35. The van der Waals surface area contributed by atoms with E-state index < -0.39 is 33.8 Å². The van der Waals surface area contributed by atoms with Crippen LogP contribution in [-0.4, -0.2) is 40.9 Å². The van der Waals surface area contributed by atoms with Gasteiger partial charge in [0.05, 0.1) is 23.0 Å². The van der Waals surface area contributed by atoms with Gasteiger partial charge in [-0.25, -0.2) is 4.90 Å². The molecule has 1 atom stereocenters. The maximum absolute atomic E-state index is 13.6. The minimum atomic E-state index is -0.738. The highest BCUT2D eigenvalue weighted by Gasteiger charge is 2.40. The number of amides is 4. The lowest BCUT2D eigenvalue weighted by Gasteiger charge is -2.15. The molecule has 0 aromatic heterocycles. The number of carbonyl (C=O) groups excluding carboxylic acids is 4. The van der Waals surface area contributed by atoms with Gasteiger partial charge in [-0.2, -0.15) is 0 Å². The van der Waals surface area contributed by atoms with Gasteiger partial charge in [-0.3, -0.25) is 29.3 Å². The van der Waals surface area contributed by atoms with E-state index in [-0.39, 0.29) is 23.5 Å². The van der Waals surface area contributed by atoms with Gasteiger partial charge >= 0.3 is 0 Å². The predicted octanol–water partition coefficient (Wildman–Crippen LogP) is 6.20. The number of rotatable bonds is 10. The Kier molecular flexibility index (Phi) is 9.94. The van der Waals surface area contributed by atoms with E-state index in [1.54, 1.807) is 72.8 Å². The lowest BCUT2D eigenvalue weighted by atomic mass is 10.1. The SMILES string of the molecule is COc1ccc(Br)cc1/C=C(\NC(=O)c1ccccc1)C(=O)Nc1cccc(SC2CC(=O)N(c3ccc([N+](=O)[O-])cc3)C2=O)c1. The van der Waals surface area contributed by atoms with E-state index in [0.29, 0.717) is 27.5 Å². The number of hydrogen-bond acceptors (Lipinski definition) is 8. The molecule has 4 amide bonds. The van der Waals surface area contributed by atoms with E-state index in [4.69, 9.17) is 4.74 Å². The van der Waals surface area contributed by atoms with Crippen LogP contribution in [0.1, 0.15) is 22.3 Å². The molecule has 0 saturated carbocycles. The van der Waals surface area contributed by atoms with Crippen LogP contribution in [0, 0.1) is 10.1 Å². The first-order valence-corrected chi connectivity index (χ1v) is 15.4. The number of nitrogens with one attached hydrogen (secondary N) is 2. The highest BCUT2D eigenvalue weighted by molar-refractivity contribution is 9.10. The standard InChI is InChI=1S/C33H25BrN4O7S/c1-45-28-15-10-22(34)16-21(28)17-27(36-31(40)20-6-3-2-4-7-20)32(41)35-23-8-5-9-26(18-23)46-29-19-30(39)37(33(29)42)24-11-13-25(14-12-24)38(43)44/h2-18,29H,19H2,1H3,(H,35,41)(H,36,40)/b27-17-. The zero-order valence-electron chi connectivity index (χ0n) is 24.1. The summed E-state index contributed by atoms with van der Waals surface area (Å²) < 4.78 is 6.18. The first-order chi connectivity index (χ1) is 22.1. The van der Waals surface area contributed by atoms with Crippen LogP contribution < -0.4 is 20.3 Å². The van der Waals surface area contributed by atoms with E-state index >= 15 is 0 Å². The summed E-state index contributed by atoms with van der Waals surface area (Å²) in [5, 5.41) is 15.7. The fraction of sp³-hybridized carbons (Fsp3) is 0.0909. The molecular weight excluding hydrogens is 676 g/mol. The van der Waals surface area contributed by atoms with E-state index in [2.05, 4.69) is 26.6 Å². The third-order valence-corrected chi connectivity index (χ3v) is 8.49. The number of methoxy groups -OCH3 is 1. The molecule has 1 aliphatic heterocycles. The third-order valence-electron chi connectivity index (χ3n) is 6.81. The lowest BCUT2D eigenvalue weighted by molar-refractivity contribution is -0.384. The lowest BCUT2D eigenvalue weighted by Crippen LogP contribution is -2.31. The van der Waals surface area contributed by atoms with Crippen molar-refractivity contribution < 1.29 is 28.8 Å². The van der Waals surface area contributed by atoms with Gasteiger partial charge in [-0.1, -0.05) is 40.2 Å². The van der Waals surface area contributed by atoms with Crippen LogP contribution in [0.3, 0.4) is 0 Å². The minimum absolute atomic E-state index is 0.0429. The Morgan fingerprint density at radius 2 is 1.74 bits per heavy atom. The van der Waals surface area contributed by atoms with Crippen molar-refractivity contribution in [2.75, 3.05) is 17.3 Å². The van der Waals surface area contributed by atoms with Crippen molar-refractivity contribution in [1.29, 1.82) is 0 Å². The van der Waals surface area contributed by atoms with Crippen LogP contribution >= 0.6 is 27.7 Å². The average molecular weight is 702 g/mol. The summed E-state index contributed by atoms with van der Waals surface area (Å²) in [4.78, 5) is 64.6. The zero-order chi connectivity index (χ0) is 32.8. The molecule has 11 nitrogen and oxygen atoms in total. The van der Waals surface area contributed by atoms with Gasteiger partial charge in [0, 0.05) is 44.7 Å². The second-order valence-electron chi connectivity index (χ2n) is 9.90. The summed E-state index contributed by atoms with van der Waals surface area (Å²) in [7, 11) is 1.50. The number of nitrogens with zero attached hydrogens (tertiary/aromatic N) is 2. The summed E-state index contributed by atoms with van der Waals surface area (Å²) in [5.74, 6) is -1.48. The first kappa shape index (κ1) is 32.1. The Labute approximate surface area is 275 Å². The molecule has 2 N–H and O–H groups in total. The molecule has 1 heterocycles. The molecule has 0 radical (unpaired) electrons. The van der Waals surface area contributed by atoms with Crippen LogP contribution in [0.4, 0.5) is 17.1 Å². The van der Waals surface area contributed by atoms with E-state index in [9.17, 15) is 29.3 Å². The molecule has 1 saturated heterocycles. The van der Waals surface area contributed by atoms with Gasteiger partial charge in [-0.05, 0) is 66.7 Å². The monoisotopic (exact) mass is 700 g/mol. The first-order valence-electron chi connectivity index (χ1n) is 13.7. The molecule has 5 rings (SSSR count). The second-order valence-corrected chi connectivity index (χ2v) is 12.1. The largest absolute Gasteiger partial charge is 0.496 e. The van der Waals surface area contributed by atoms with Crippen molar-refractivity contribution in [3.8, 4) is 5.75 Å². The average Bonchev–Trinajstić information content (AvgIpc) is 3.32. The van der Waals surface area contributed by atoms with Crippen molar-refractivity contribution in [1.82, 2.24) is 5.32 Å². The van der Waals surface area contributed by atoms with Crippen LogP contribution in [-0.2, 0) is 14.4 Å².